The Balaban J connectivity index is 1.79. The van der Waals surface area contributed by atoms with E-state index in [1.165, 1.54) is 11.7 Å². The van der Waals surface area contributed by atoms with Crippen LogP contribution < -0.4 is 5.32 Å². The molecule has 13 heavy (non-hydrogen) atoms. The summed E-state index contributed by atoms with van der Waals surface area (Å²) in [6.07, 6.45) is 1.33. The minimum atomic E-state index is -0.397. The summed E-state index contributed by atoms with van der Waals surface area (Å²) in [5, 5.41) is 12.6. The number of aliphatic hydroxyl groups excluding tert-OH is 1. The quantitative estimate of drug-likeness (QED) is 0.682. The number of rotatable bonds is 3. The third-order valence-electron chi connectivity index (χ3n) is 2.00. The summed E-state index contributed by atoms with van der Waals surface area (Å²) in [4.78, 5) is 0. The number of aliphatic hydroxyl groups is 1. The minimum absolute atomic E-state index is 0.0294. The van der Waals surface area contributed by atoms with Crippen molar-refractivity contribution >= 4 is 11.7 Å². The Kier molecular flexibility index (Phi) is 2.84. The summed E-state index contributed by atoms with van der Waals surface area (Å²) >= 11 is 1.19. The average molecular weight is 201 g/mol. The summed E-state index contributed by atoms with van der Waals surface area (Å²) in [5.41, 5.74) is 0.907. The Morgan fingerprint density at radius 2 is 2.62 bits per heavy atom. The molecule has 2 atom stereocenters. The van der Waals surface area contributed by atoms with Crippen molar-refractivity contribution in [3.05, 3.63) is 11.9 Å². The molecule has 1 aliphatic rings. The first-order valence-corrected chi connectivity index (χ1v) is 4.85. The summed E-state index contributed by atoms with van der Waals surface area (Å²) in [5.74, 6) is 0. The molecule has 5 nitrogen and oxygen atoms in total. The number of hydrogen-bond acceptors (Lipinski definition) is 6. The molecule has 6 heteroatoms. The Labute approximate surface area is 80.1 Å². The maximum Gasteiger partial charge on any atom is 0.0948 e. The number of nitrogens with zero attached hydrogens (tertiary/aromatic N) is 2. The molecule has 0 saturated carbocycles. The molecule has 2 heterocycles. The Morgan fingerprint density at radius 1 is 1.69 bits per heavy atom. The number of ether oxygens (including phenoxy) is 1. The molecular formula is C7H11N3O2S. The van der Waals surface area contributed by atoms with Gasteiger partial charge in [0.2, 0.25) is 0 Å². The third kappa shape index (κ3) is 2.22. The van der Waals surface area contributed by atoms with Crippen LogP contribution in [0.5, 0.6) is 0 Å². The van der Waals surface area contributed by atoms with Crippen LogP contribution in [0.1, 0.15) is 5.69 Å². The summed E-state index contributed by atoms with van der Waals surface area (Å²) in [6.45, 7) is 1.63. The topological polar surface area (TPSA) is 67.3 Å². The van der Waals surface area contributed by atoms with E-state index in [4.69, 9.17) is 4.74 Å². The Bertz CT molecular complexity index is 254. The molecule has 72 valence electrons. The van der Waals surface area contributed by atoms with E-state index in [9.17, 15) is 5.11 Å². The van der Waals surface area contributed by atoms with E-state index in [1.807, 2.05) is 0 Å². The molecule has 2 rings (SSSR count). The van der Waals surface area contributed by atoms with Gasteiger partial charge in [0.15, 0.2) is 0 Å². The van der Waals surface area contributed by atoms with Gasteiger partial charge in [-0.05, 0) is 0 Å². The van der Waals surface area contributed by atoms with Gasteiger partial charge in [0, 0.05) is 6.54 Å². The number of nitrogens with one attached hydrogen (secondary N) is 1. The molecule has 1 aromatic heterocycles. The van der Waals surface area contributed by atoms with Gasteiger partial charge in [-0.1, -0.05) is 0 Å². The molecule has 0 aliphatic carbocycles. The van der Waals surface area contributed by atoms with Gasteiger partial charge >= 0.3 is 0 Å². The van der Waals surface area contributed by atoms with Crippen LogP contribution in [0.25, 0.3) is 0 Å². The minimum Gasteiger partial charge on any atom is -0.389 e. The maximum atomic E-state index is 9.40. The van der Waals surface area contributed by atoms with Crippen LogP contribution in [-0.2, 0) is 11.3 Å². The van der Waals surface area contributed by atoms with Gasteiger partial charge in [-0.3, -0.25) is 0 Å². The smallest absolute Gasteiger partial charge is 0.0948 e. The third-order valence-corrected chi connectivity index (χ3v) is 2.52. The molecule has 0 aromatic carbocycles. The first-order valence-electron chi connectivity index (χ1n) is 4.12. The van der Waals surface area contributed by atoms with Crippen molar-refractivity contribution in [1.82, 2.24) is 14.1 Å². The van der Waals surface area contributed by atoms with Crippen LogP contribution in [0, 0.1) is 0 Å². The largest absolute Gasteiger partial charge is 0.389 e. The molecule has 0 amide bonds. The fourth-order valence-corrected chi connectivity index (χ4v) is 1.67. The molecule has 1 aromatic rings. The number of aromatic nitrogens is 2. The Hall–Kier alpha value is -0.560. The average Bonchev–Trinajstić information content (AvgIpc) is 2.72. The van der Waals surface area contributed by atoms with E-state index in [2.05, 4.69) is 14.1 Å². The van der Waals surface area contributed by atoms with Crippen LogP contribution in [0.2, 0.25) is 0 Å². The van der Waals surface area contributed by atoms with Gasteiger partial charge in [-0.25, -0.2) is 0 Å². The van der Waals surface area contributed by atoms with Crippen molar-refractivity contribution in [1.29, 1.82) is 0 Å². The molecule has 0 radical (unpaired) electrons. The van der Waals surface area contributed by atoms with Crippen LogP contribution in [-0.4, -0.2) is 39.2 Å². The SMILES string of the molecule is O[C@@H]1COC[C@H]1NCc1cnsn1. The summed E-state index contributed by atoms with van der Waals surface area (Å²) in [6, 6.07) is 0.0294. The fraction of sp³-hybridized carbons (Fsp3) is 0.714. The van der Waals surface area contributed by atoms with Crippen molar-refractivity contribution in [2.45, 2.75) is 18.7 Å². The maximum absolute atomic E-state index is 9.40. The van der Waals surface area contributed by atoms with Gasteiger partial charge in [0.1, 0.15) is 0 Å². The molecular weight excluding hydrogens is 190 g/mol. The van der Waals surface area contributed by atoms with E-state index in [-0.39, 0.29) is 6.04 Å². The summed E-state index contributed by atoms with van der Waals surface area (Å²) < 4.78 is 13.0. The lowest BCUT2D eigenvalue weighted by Crippen LogP contribution is -2.38. The second-order valence-corrected chi connectivity index (χ2v) is 3.55. The zero-order valence-electron chi connectivity index (χ0n) is 7.01. The van der Waals surface area contributed by atoms with Gasteiger partial charge in [-0.15, -0.1) is 0 Å². The van der Waals surface area contributed by atoms with Crippen LogP contribution in [0.3, 0.4) is 0 Å². The van der Waals surface area contributed by atoms with Crippen molar-refractivity contribution in [3.63, 3.8) is 0 Å². The van der Waals surface area contributed by atoms with E-state index in [0.29, 0.717) is 19.8 Å². The van der Waals surface area contributed by atoms with Crippen molar-refractivity contribution in [3.8, 4) is 0 Å². The predicted octanol–water partition coefficient (Wildman–Crippen LogP) is -0.613. The van der Waals surface area contributed by atoms with Gasteiger partial charge in [-0.2, -0.15) is 8.75 Å². The fourth-order valence-electron chi connectivity index (χ4n) is 1.24. The molecule has 0 unspecified atom stereocenters. The first-order chi connectivity index (χ1) is 6.36. The van der Waals surface area contributed by atoms with Crippen molar-refractivity contribution < 1.29 is 9.84 Å². The first kappa shape index (κ1) is 9.01. The normalized spacial score (nSPS) is 28.1. The van der Waals surface area contributed by atoms with Gasteiger partial charge in [0.25, 0.3) is 0 Å². The highest BCUT2D eigenvalue weighted by molar-refractivity contribution is 6.99. The van der Waals surface area contributed by atoms with Crippen LogP contribution >= 0.6 is 11.7 Å². The second-order valence-electron chi connectivity index (χ2n) is 2.99. The molecule has 1 aliphatic heterocycles. The second kappa shape index (κ2) is 4.10. The molecule has 0 bridgehead atoms. The highest BCUT2D eigenvalue weighted by atomic mass is 32.1. The van der Waals surface area contributed by atoms with E-state index >= 15 is 0 Å². The standard InChI is InChI=1S/C7H11N3O2S/c11-7-4-12-3-6(7)8-1-5-2-9-13-10-5/h2,6-8,11H,1,3-4H2/t6-,7-/m1/s1. The molecule has 0 spiro atoms. The summed E-state index contributed by atoms with van der Waals surface area (Å²) in [7, 11) is 0. The van der Waals surface area contributed by atoms with Crippen molar-refractivity contribution in [2.24, 2.45) is 0 Å². The highest BCUT2D eigenvalue weighted by Crippen LogP contribution is 2.05. The lowest BCUT2D eigenvalue weighted by Gasteiger charge is -2.12. The zero-order valence-corrected chi connectivity index (χ0v) is 7.83. The predicted molar refractivity (Wildman–Crippen MR) is 47.4 cm³/mol. The number of hydrogen-bond donors (Lipinski definition) is 2. The van der Waals surface area contributed by atoms with E-state index in [0.717, 1.165) is 5.69 Å². The lowest BCUT2D eigenvalue weighted by molar-refractivity contribution is 0.122. The van der Waals surface area contributed by atoms with Crippen LogP contribution in [0.15, 0.2) is 6.20 Å². The lowest BCUT2D eigenvalue weighted by atomic mass is 10.2. The van der Waals surface area contributed by atoms with Gasteiger partial charge < -0.3 is 15.2 Å². The zero-order chi connectivity index (χ0) is 9.10. The highest BCUT2D eigenvalue weighted by Gasteiger charge is 2.25. The molecule has 1 saturated heterocycles. The van der Waals surface area contributed by atoms with Crippen LogP contribution in [0.4, 0.5) is 0 Å². The van der Waals surface area contributed by atoms with E-state index in [1.54, 1.807) is 6.20 Å². The van der Waals surface area contributed by atoms with Gasteiger partial charge in [0.05, 0.1) is 49.0 Å². The molecule has 2 N–H and O–H groups in total. The molecule has 1 fully saturated rings. The van der Waals surface area contributed by atoms with Crippen molar-refractivity contribution in [2.75, 3.05) is 13.2 Å². The Morgan fingerprint density at radius 3 is 3.23 bits per heavy atom. The monoisotopic (exact) mass is 201 g/mol. The van der Waals surface area contributed by atoms with E-state index < -0.39 is 6.10 Å².